The quantitative estimate of drug-likeness (QED) is 0.885. The van der Waals surface area contributed by atoms with E-state index in [0.29, 0.717) is 11.3 Å². The number of halogens is 1. The smallest absolute Gasteiger partial charge is 0.179 e. The van der Waals surface area contributed by atoms with E-state index >= 15 is 0 Å². The third-order valence-electron chi connectivity index (χ3n) is 2.46. The van der Waals surface area contributed by atoms with Gasteiger partial charge in [0.1, 0.15) is 5.52 Å². The van der Waals surface area contributed by atoms with Gasteiger partial charge in [-0.25, -0.2) is 4.68 Å². The van der Waals surface area contributed by atoms with E-state index in [0.717, 1.165) is 27.9 Å². The van der Waals surface area contributed by atoms with Gasteiger partial charge in [-0.3, -0.25) is 4.57 Å². The number of H-pyrrole nitrogens is 1. The maximum Gasteiger partial charge on any atom is 0.179 e. The molecule has 6 heteroatoms. The minimum absolute atomic E-state index is 0.657. The first kappa shape index (κ1) is 11.6. The van der Waals surface area contributed by atoms with Crippen LogP contribution in [0.25, 0.3) is 11.2 Å². The van der Waals surface area contributed by atoms with E-state index in [4.69, 9.17) is 12.2 Å². The highest BCUT2D eigenvalue weighted by Gasteiger charge is 2.13. The molecule has 2 aromatic heterocycles. The molecule has 2 aromatic rings. The topological polar surface area (TPSA) is 38.5 Å². The van der Waals surface area contributed by atoms with E-state index in [1.165, 1.54) is 0 Å². The van der Waals surface area contributed by atoms with Crippen LogP contribution in [-0.4, -0.2) is 19.3 Å². The van der Waals surface area contributed by atoms with Crippen LogP contribution in [0.2, 0.25) is 0 Å². The average molecular weight is 301 g/mol. The number of nitrogens with one attached hydrogen (secondary N) is 1. The van der Waals surface area contributed by atoms with E-state index in [2.05, 4.69) is 39.5 Å². The molecular weight excluding hydrogens is 288 g/mol. The number of hydrogen-bond donors (Lipinski definition) is 1. The third-order valence-corrected chi connectivity index (χ3v) is 3.04. The number of rotatable bonds is 3. The highest BCUT2D eigenvalue weighted by molar-refractivity contribution is 9.11. The van der Waals surface area contributed by atoms with Crippen LogP contribution in [0.5, 0.6) is 0 Å². The first-order valence-corrected chi connectivity index (χ1v) is 6.24. The van der Waals surface area contributed by atoms with Gasteiger partial charge in [-0.05, 0) is 26.1 Å². The summed E-state index contributed by atoms with van der Waals surface area (Å²) in [7, 11) is 0. The number of hydrogen-bond acceptors (Lipinski definition) is 2. The molecule has 86 valence electrons. The minimum atomic E-state index is 0.657. The molecule has 0 spiro atoms. The van der Waals surface area contributed by atoms with E-state index in [9.17, 15) is 0 Å². The number of aryl methyl sites for hydroxylation is 2. The molecule has 2 rings (SSSR count). The fourth-order valence-electron chi connectivity index (χ4n) is 1.80. The molecule has 0 saturated carbocycles. The fraction of sp³-hybridized carbons (Fsp3) is 0.400. The molecule has 0 bridgehead atoms. The zero-order valence-corrected chi connectivity index (χ0v) is 11.7. The zero-order valence-electron chi connectivity index (χ0n) is 9.25. The van der Waals surface area contributed by atoms with Crippen molar-refractivity contribution in [2.75, 3.05) is 0 Å². The van der Waals surface area contributed by atoms with Crippen LogP contribution in [0.15, 0.2) is 11.1 Å². The first-order valence-electron chi connectivity index (χ1n) is 5.03. The van der Waals surface area contributed by atoms with Crippen LogP contribution < -0.4 is 0 Å². The van der Waals surface area contributed by atoms with Gasteiger partial charge >= 0.3 is 0 Å². The van der Waals surface area contributed by atoms with Crippen LogP contribution in [0.3, 0.4) is 0 Å². The predicted molar refractivity (Wildman–Crippen MR) is 71.4 cm³/mol. The zero-order chi connectivity index (χ0) is 11.9. The van der Waals surface area contributed by atoms with Crippen LogP contribution in [0, 0.1) is 11.7 Å². The van der Waals surface area contributed by atoms with Crippen LogP contribution in [0.1, 0.15) is 12.6 Å². The summed E-state index contributed by atoms with van der Waals surface area (Å²) < 4.78 is 5.56. The number of aromatic nitrogens is 4. The molecule has 0 atom stereocenters. The van der Waals surface area contributed by atoms with Crippen molar-refractivity contribution in [1.29, 1.82) is 0 Å². The molecule has 0 saturated heterocycles. The number of imidazole rings is 1. The SMILES string of the molecule is C=C(Br)Cn1c(=S)[nH]c2c(C)nn(CC)c21. The molecule has 1 N–H and O–H groups in total. The second kappa shape index (κ2) is 4.18. The molecule has 4 nitrogen and oxygen atoms in total. The molecule has 0 aliphatic heterocycles. The highest BCUT2D eigenvalue weighted by atomic mass is 79.9. The van der Waals surface area contributed by atoms with E-state index < -0.39 is 0 Å². The maximum atomic E-state index is 5.30. The molecule has 0 fully saturated rings. The summed E-state index contributed by atoms with van der Waals surface area (Å²) in [5.41, 5.74) is 3.02. The van der Waals surface area contributed by atoms with Crippen LogP contribution in [0.4, 0.5) is 0 Å². The lowest BCUT2D eigenvalue weighted by Gasteiger charge is -2.04. The summed E-state index contributed by atoms with van der Waals surface area (Å²) in [5.74, 6) is 0. The Morgan fingerprint density at radius 2 is 2.31 bits per heavy atom. The first-order chi connectivity index (χ1) is 7.54. The van der Waals surface area contributed by atoms with Crippen molar-refractivity contribution in [1.82, 2.24) is 19.3 Å². The Balaban J connectivity index is 2.75. The van der Waals surface area contributed by atoms with Crippen molar-refractivity contribution in [3.8, 4) is 0 Å². The second-order valence-corrected chi connectivity index (χ2v) is 5.14. The summed E-state index contributed by atoms with van der Waals surface area (Å²) in [6.45, 7) is 9.37. The van der Waals surface area contributed by atoms with Gasteiger partial charge in [-0.2, -0.15) is 5.10 Å². The Kier molecular flexibility index (Phi) is 3.03. The second-order valence-electron chi connectivity index (χ2n) is 3.63. The van der Waals surface area contributed by atoms with Gasteiger partial charge in [-0.15, -0.1) is 0 Å². The molecule has 0 amide bonds. The number of fused-ring (bicyclic) bond motifs is 1. The summed E-state index contributed by atoms with van der Waals surface area (Å²) in [5, 5.41) is 4.45. The Hall–Kier alpha value is -0.880. The van der Waals surface area contributed by atoms with Crippen molar-refractivity contribution < 1.29 is 0 Å². The molecule has 16 heavy (non-hydrogen) atoms. The lowest BCUT2D eigenvalue weighted by atomic mass is 10.4. The van der Waals surface area contributed by atoms with Gasteiger partial charge in [0.25, 0.3) is 0 Å². The van der Waals surface area contributed by atoms with Crippen molar-refractivity contribution in [3.63, 3.8) is 0 Å². The van der Waals surface area contributed by atoms with E-state index in [1.807, 2.05) is 16.2 Å². The molecule has 0 radical (unpaired) electrons. The normalized spacial score (nSPS) is 11.2. The van der Waals surface area contributed by atoms with Gasteiger partial charge < -0.3 is 4.98 Å². The monoisotopic (exact) mass is 300 g/mol. The van der Waals surface area contributed by atoms with E-state index in [-0.39, 0.29) is 0 Å². The van der Waals surface area contributed by atoms with Gasteiger partial charge in [0.15, 0.2) is 10.4 Å². The predicted octanol–water partition coefficient (Wildman–Crippen LogP) is 3.13. The molecule has 0 aliphatic carbocycles. The largest absolute Gasteiger partial charge is 0.328 e. The molecular formula is C10H13BrN4S. The van der Waals surface area contributed by atoms with Crippen molar-refractivity contribution >= 4 is 39.3 Å². The summed E-state index contributed by atoms with van der Waals surface area (Å²) >= 11 is 8.66. The number of nitrogens with zero attached hydrogens (tertiary/aromatic N) is 3. The van der Waals surface area contributed by atoms with Crippen LogP contribution >= 0.6 is 28.1 Å². The summed E-state index contributed by atoms with van der Waals surface area (Å²) in [4.78, 5) is 3.19. The number of allylic oxidation sites excluding steroid dienone is 1. The van der Waals surface area contributed by atoms with Gasteiger partial charge in [-0.1, -0.05) is 22.5 Å². The van der Waals surface area contributed by atoms with Gasteiger partial charge in [0.05, 0.1) is 12.2 Å². The number of aromatic amines is 1. The minimum Gasteiger partial charge on any atom is -0.328 e. The summed E-state index contributed by atoms with van der Waals surface area (Å²) in [6.07, 6.45) is 0. The molecule has 0 aromatic carbocycles. The maximum absolute atomic E-state index is 5.30. The third kappa shape index (κ3) is 1.76. The Bertz CT molecular complexity index is 604. The Morgan fingerprint density at radius 3 is 2.88 bits per heavy atom. The van der Waals surface area contributed by atoms with Gasteiger partial charge in [0.2, 0.25) is 0 Å². The van der Waals surface area contributed by atoms with E-state index in [1.54, 1.807) is 0 Å². The Labute approximate surface area is 107 Å². The van der Waals surface area contributed by atoms with Gasteiger partial charge in [0, 0.05) is 11.0 Å². The lowest BCUT2D eigenvalue weighted by molar-refractivity contribution is 0.645. The highest BCUT2D eigenvalue weighted by Crippen LogP contribution is 2.19. The molecule has 0 unspecified atom stereocenters. The van der Waals surface area contributed by atoms with Crippen molar-refractivity contribution in [3.05, 3.63) is 21.5 Å². The molecule has 2 heterocycles. The van der Waals surface area contributed by atoms with Crippen LogP contribution in [-0.2, 0) is 13.1 Å². The fourth-order valence-corrected chi connectivity index (χ4v) is 2.30. The lowest BCUT2D eigenvalue weighted by Crippen LogP contribution is -2.05. The summed E-state index contributed by atoms with van der Waals surface area (Å²) in [6, 6.07) is 0. The average Bonchev–Trinajstić information content (AvgIpc) is 2.67. The Morgan fingerprint density at radius 1 is 1.62 bits per heavy atom. The van der Waals surface area contributed by atoms with Crippen molar-refractivity contribution in [2.45, 2.75) is 26.9 Å². The standard InChI is InChI=1S/C10H13BrN4S/c1-4-15-9-8(7(3)13-15)12-10(16)14(9)5-6(2)11/h2,4-5H2,1,3H3,(H,12,16). The van der Waals surface area contributed by atoms with Crippen molar-refractivity contribution in [2.24, 2.45) is 0 Å². The molecule has 0 aliphatic rings.